The van der Waals surface area contributed by atoms with E-state index in [0.29, 0.717) is 0 Å². The molecule has 0 fully saturated rings. The molecule has 0 rings (SSSR count). The molecule has 0 heterocycles. The summed E-state index contributed by atoms with van der Waals surface area (Å²) in [7, 11) is 0. The van der Waals surface area contributed by atoms with Crippen LogP contribution >= 0.6 is 0 Å². The second-order valence-electron chi connectivity index (χ2n) is 5.75. The highest BCUT2D eigenvalue weighted by atomic mass is 14.0. The van der Waals surface area contributed by atoms with E-state index in [-0.39, 0.29) is 0 Å². The minimum Gasteiger partial charge on any atom is -0.0718 e. The Morgan fingerprint density at radius 2 is 0.846 bits per heavy atom. The third-order valence-electron chi connectivity index (χ3n) is 2.41. The highest BCUT2D eigenvalue weighted by Crippen LogP contribution is 2.20. The zero-order valence-electron chi connectivity index (χ0n) is 10.4. The summed E-state index contributed by atoms with van der Waals surface area (Å²) in [5, 5.41) is 0. The van der Waals surface area contributed by atoms with Gasteiger partial charge in [0.1, 0.15) is 6.71 Å². The van der Waals surface area contributed by atoms with E-state index < -0.39 is 0 Å². The molecule has 13 heavy (non-hydrogen) atoms. The average molecular weight is 182 g/mol. The van der Waals surface area contributed by atoms with Crippen LogP contribution in [0.2, 0.25) is 19.0 Å². The summed E-state index contributed by atoms with van der Waals surface area (Å²) in [6.45, 7) is 15.0. The van der Waals surface area contributed by atoms with Gasteiger partial charge in [-0.15, -0.1) is 0 Å². The molecule has 78 valence electrons. The Kier molecular flexibility index (Phi) is 6.54. The fourth-order valence-corrected chi connectivity index (χ4v) is 2.29. The predicted molar refractivity (Wildman–Crippen MR) is 64.7 cm³/mol. The summed E-state index contributed by atoms with van der Waals surface area (Å²) in [5.41, 5.74) is 0. The Balaban J connectivity index is 3.87. The first-order valence-electron chi connectivity index (χ1n) is 5.91. The van der Waals surface area contributed by atoms with E-state index >= 15 is 0 Å². The molecule has 0 bridgehead atoms. The molecule has 0 N–H and O–H groups in total. The van der Waals surface area contributed by atoms with Crippen molar-refractivity contribution in [2.75, 3.05) is 0 Å². The van der Waals surface area contributed by atoms with Gasteiger partial charge in [0.2, 0.25) is 0 Å². The predicted octanol–water partition coefficient (Wildman–Crippen LogP) is 4.45. The van der Waals surface area contributed by atoms with E-state index in [1.807, 2.05) is 0 Å². The molecule has 0 aliphatic heterocycles. The molecule has 1 heteroatoms. The Labute approximate surface area is 85.6 Å². The molecule has 0 aliphatic carbocycles. The van der Waals surface area contributed by atoms with Crippen molar-refractivity contribution >= 4 is 6.71 Å². The maximum atomic E-state index is 2.34. The van der Waals surface area contributed by atoms with Gasteiger partial charge in [-0.25, -0.2) is 0 Å². The summed E-state index contributed by atoms with van der Waals surface area (Å²) in [5.74, 6) is 2.59. The van der Waals surface area contributed by atoms with Crippen LogP contribution < -0.4 is 0 Å². The summed E-state index contributed by atoms with van der Waals surface area (Å²) < 4.78 is 0. The van der Waals surface area contributed by atoms with Gasteiger partial charge in [-0.3, -0.25) is 0 Å². The molecular weight excluding hydrogens is 155 g/mol. The minimum absolute atomic E-state index is 0.863. The molecule has 0 unspecified atom stereocenters. The van der Waals surface area contributed by atoms with Crippen LogP contribution in [0.25, 0.3) is 0 Å². The van der Waals surface area contributed by atoms with E-state index in [9.17, 15) is 0 Å². The van der Waals surface area contributed by atoms with Crippen LogP contribution in [0.3, 0.4) is 0 Å². The molecule has 0 spiro atoms. The molecule has 0 saturated heterocycles. The lowest BCUT2D eigenvalue weighted by atomic mass is 9.38. The van der Waals surface area contributed by atoms with Gasteiger partial charge in [0, 0.05) is 0 Å². The van der Waals surface area contributed by atoms with Crippen LogP contribution in [0.1, 0.15) is 41.5 Å². The first-order valence-corrected chi connectivity index (χ1v) is 5.91. The zero-order valence-corrected chi connectivity index (χ0v) is 10.4. The second kappa shape index (κ2) is 6.51. The lowest BCUT2D eigenvalue weighted by molar-refractivity contribution is 0.659. The van der Waals surface area contributed by atoms with Crippen LogP contribution in [-0.2, 0) is 0 Å². The van der Waals surface area contributed by atoms with Crippen molar-refractivity contribution in [1.82, 2.24) is 0 Å². The van der Waals surface area contributed by atoms with Gasteiger partial charge in [-0.05, 0) is 0 Å². The highest BCUT2D eigenvalue weighted by Gasteiger charge is 2.17. The van der Waals surface area contributed by atoms with Crippen molar-refractivity contribution < 1.29 is 0 Å². The summed E-state index contributed by atoms with van der Waals surface area (Å²) in [6, 6.07) is 0. The van der Waals surface area contributed by atoms with Crippen LogP contribution in [-0.4, -0.2) is 6.71 Å². The van der Waals surface area contributed by atoms with Gasteiger partial charge in [0.25, 0.3) is 0 Å². The van der Waals surface area contributed by atoms with Crippen molar-refractivity contribution in [2.24, 2.45) is 17.8 Å². The van der Waals surface area contributed by atoms with E-state index in [1.54, 1.807) is 0 Å². The SMILES string of the molecule is CC(C)CB(CC(C)C)CC(C)C. The zero-order chi connectivity index (χ0) is 10.4. The molecule has 0 aromatic carbocycles. The van der Waals surface area contributed by atoms with E-state index in [4.69, 9.17) is 0 Å². The number of hydrogen-bond acceptors (Lipinski definition) is 0. The largest absolute Gasteiger partial charge is 0.140 e. The third kappa shape index (κ3) is 8.40. The quantitative estimate of drug-likeness (QED) is 0.532. The average Bonchev–Trinajstić information content (AvgIpc) is 1.80. The maximum Gasteiger partial charge on any atom is 0.140 e. The molecule has 0 aromatic rings. The van der Waals surface area contributed by atoms with Crippen LogP contribution in [0.5, 0.6) is 0 Å². The van der Waals surface area contributed by atoms with E-state index in [2.05, 4.69) is 41.5 Å². The highest BCUT2D eigenvalue weighted by molar-refractivity contribution is 6.58. The lowest BCUT2D eigenvalue weighted by Gasteiger charge is -2.19. The number of rotatable bonds is 6. The van der Waals surface area contributed by atoms with Crippen molar-refractivity contribution in [1.29, 1.82) is 0 Å². The molecule has 0 nitrogen and oxygen atoms in total. The van der Waals surface area contributed by atoms with Crippen LogP contribution in [0.15, 0.2) is 0 Å². The molecule has 0 saturated carbocycles. The van der Waals surface area contributed by atoms with Crippen LogP contribution in [0, 0.1) is 17.8 Å². The Bertz CT molecular complexity index is 92.5. The van der Waals surface area contributed by atoms with Crippen molar-refractivity contribution in [2.45, 2.75) is 60.5 Å². The van der Waals surface area contributed by atoms with Crippen molar-refractivity contribution in [3.63, 3.8) is 0 Å². The van der Waals surface area contributed by atoms with Gasteiger partial charge in [0.05, 0.1) is 0 Å². The monoisotopic (exact) mass is 182 g/mol. The lowest BCUT2D eigenvalue weighted by Crippen LogP contribution is -2.19. The molecule has 0 aliphatic rings. The minimum atomic E-state index is 0.863. The second-order valence-corrected chi connectivity index (χ2v) is 5.75. The fraction of sp³-hybridized carbons (Fsp3) is 1.00. The number of hydrogen-bond donors (Lipinski definition) is 0. The summed E-state index contributed by atoms with van der Waals surface area (Å²) in [6.07, 6.45) is 4.24. The van der Waals surface area contributed by atoms with Crippen LogP contribution in [0.4, 0.5) is 0 Å². The smallest absolute Gasteiger partial charge is 0.0718 e. The Morgan fingerprint density at radius 1 is 0.615 bits per heavy atom. The Hall–Kier alpha value is 0.0649. The molecule has 0 atom stereocenters. The van der Waals surface area contributed by atoms with E-state index in [0.717, 1.165) is 24.5 Å². The van der Waals surface area contributed by atoms with Gasteiger partial charge < -0.3 is 0 Å². The fourth-order valence-electron chi connectivity index (χ4n) is 2.29. The maximum absolute atomic E-state index is 2.34. The molecule has 0 aromatic heterocycles. The van der Waals surface area contributed by atoms with Gasteiger partial charge in [-0.1, -0.05) is 78.3 Å². The normalized spacial score (nSPS) is 11.8. The third-order valence-corrected chi connectivity index (χ3v) is 2.41. The van der Waals surface area contributed by atoms with Crippen molar-refractivity contribution in [3.05, 3.63) is 0 Å². The topological polar surface area (TPSA) is 0 Å². The van der Waals surface area contributed by atoms with Gasteiger partial charge in [0.15, 0.2) is 0 Å². The van der Waals surface area contributed by atoms with Gasteiger partial charge >= 0.3 is 0 Å². The standard InChI is InChI=1S/C12H27B/c1-10(2)7-13(8-11(3)4)9-12(5)6/h10-12H,7-9H2,1-6H3. The summed E-state index contributed by atoms with van der Waals surface area (Å²) >= 11 is 0. The van der Waals surface area contributed by atoms with Crippen molar-refractivity contribution in [3.8, 4) is 0 Å². The summed E-state index contributed by atoms with van der Waals surface area (Å²) in [4.78, 5) is 0. The van der Waals surface area contributed by atoms with Gasteiger partial charge in [-0.2, -0.15) is 0 Å². The van der Waals surface area contributed by atoms with E-state index in [1.165, 1.54) is 19.0 Å². The molecule has 0 amide bonds. The Morgan fingerprint density at radius 3 is 1.00 bits per heavy atom. The first-order chi connectivity index (χ1) is 5.91. The molecule has 0 radical (unpaired) electrons. The molecular formula is C12H27B. The first kappa shape index (κ1) is 13.1.